The number of anilines is 1. The second-order valence-electron chi connectivity index (χ2n) is 8.75. The summed E-state index contributed by atoms with van der Waals surface area (Å²) < 4.78 is 39.9. The van der Waals surface area contributed by atoms with Crippen LogP contribution in [0.1, 0.15) is 62.2 Å². The zero-order valence-electron chi connectivity index (χ0n) is 19.1. The molecule has 0 saturated carbocycles. The van der Waals surface area contributed by atoms with E-state index in [1.54, 1.807) is 4.90 Å². The maximum atomic E-state index is 13.3. The number of imide groups is 1. The van der Waals surface area contributed by atoms with Gasteiger partial charge in [-0.25, -0.2) is 9.97 Å². The summed E-state index contributed by atoms with van der Waals surface area (Å²) in [4.78, 5) is 48.5. The van der Waals surface area contributed by atoms with Crippen LogP contribution >= 0.6 is 0 Å². The molecule has 3 amide bonds. The van der Waals surface area contributed by atoms with E-state index in [1.165, 1.54) is 18.3 Å². The highest BCUT2D eigenvalue weighted by Gasteiger charge is 2.34. The van der Waals surface area contributed by atoms with Crippen molar-refractivity contribution in [2.24, 2.45) is 0 Å². The highest BCUT2D eigenvalue weighted by atomic mass is 19.4. The third-order valence-electron chi connectivity index (χ3n) is 6.41. The molecule has 2 fully saturated rings. The van der Waals surface area contributed by atoms with E-state index in [1.807, 2.05) is 0 Å². The second-order valence-corrected chi connectivity index (χ2v) is 8.75. The molecule has 0 spiro atoms. The average Bonchev–Trinajstić information content (AvgIpc) is 2.83. The van der Waals surface area contributed by atoms with Gasteiger partial charge in [-0.1, -0.05) is 12.1 Å². The van der Waals surface area contributed by atoms with E-state index in [2.05, 4.69) is 9.97 Å². The van der Waals surface area contributed by atoms with Gasteiger partial charge in [0, 0.05) is 44.1 Å². The van der Waals surface area contributed by atoms with Crippen LogP contribution in [0, 0.1) is 0 Å². The van der Waals surface area contributed by atoms with Crippen molar-refractivity contribution < 1.29 is 27.6 Å². The fourth-order valence-electron chi connectivity index (χ4n) is 4.66. The van der Waals surface area contributed by atoms with Crippen molar-refractivity contribution in [1.29, 1.82) is 0 Å². The molecular formula is C24H26F3N5O3. The summed E-state index contributed by atoms with van der Waals surface area (Å²) in [6.45, 7) is 0.434. The Kier molecular flexibility index (Phi) is 7.04. The smallest absolute Gasteiger partial charge is 0.368 e. The van der Waals surface area contributed by atoms with Gasteiger partial charge < -0.3 is 10.6 Å². The number of piperidine rings is 2. The van der Waals surface area contributed by atoms with Crippen LogP contribution in [0.5, 0.6) is 0 Å². The lowest BCUT2D eigenvalue weighted by Gasteiger charge is -2.37. The third kappa shape index (κ3) is 5.44. The van der Waals surface area contributed by atoms with Gasteiger partial charge in [-0.2, -0.15) is 13.2 Å². The quantitative estimate of drug-likeness (QED) is 0.641. The van der Waals surface area contributed by atoms with E-state index < -0.39 is 17.8 Å². The lowest BCUT2D eigenvalue weighted by atomic mass is 9.93. The topological polar surface area (TPSA) is 109 Å². The molecule has 1 atom stereocenters. The number of carbonyl (C=O) groups is 3. The van der Waals surface area contributed by atoms with Crippen LogP contribution < -0.4 is 5.73 Å². The number of likely N-dealkylation sites (tertiary alicyclic amines) is 2. The minimum Gasteiger partial charge on any atom is -0.368 e. The molecular weight excluding hydrogens is 463 g/mol. The Morgan fingerprint density at radius 3 is 2.57 bits per heavy atom. The molecule has 2 aliphatic rings. The van der Waals surface area contributed by atoms with Gasteiger partial charge in [-0.3, -0.25) is 19.3 Å². The molecule has 2 saturated heterocycles. The number of halogens is 3. The largest absolute Gasteiger partial charge is 0.416 e. The number of carbonyl (C=O) groups excluding carboxylic acids is 3. The summed E-state index contributed by atoms with van der Waals surface area (Å²) >= 11 is 0. The SMILES string of the molecule is Nc1ncc(-c2cccc(C(F)(F)F)c2)c([C@H]2CCCCN2C(=O)CCN2C(=O)CCCC2=O)n1. The lowest BCUT2D eigenvalue weighted by molar-refractivity contribution is -0.148. The van der Waals surface area contributed by atoms with Crippen molar-refractivity contribution in [3.63, 3.8) is 0 Å². The van der Waals surface area contributed by atoms with E-state index in [-0.39, 0.29) is 55.0 Å². The van der Waals surface area contributed by atoms with Gasteiger partial charge in [0.15, 0.2) is 0 Å². The Morgan fingerprint density at radius 1 is 1.11 bits per heavy atom. The molecule has 2 N–H and O–H groups in total. The predicted molar refractivity (Wildman–Crippen MR) is 120 cm³/mol. The fraction of sp³-hybridized carbons (Fsp3) is 0.458. The summed E-state index contributed by atoms with van der Waals surface area (Å²) in [6, 6.07) is 4.35. The molecule has 0 aliphatic carbocycles. The van der Waals surface area contributed by atoms with Crippen molar-refractivity contribution >= 4 is 23.7 Å². The summed E-state index contributed by atoms with van der Waals surface area (Å²) in [5.41, 5.74) is 6.06. The molecule has 0 unspecified atom stereocenters. The van der Waals surface area contributed by atoms with Crippen LogP contribution in [0.2, 0.25) is 0 Å². The van der Waals surface area contributed by atoms with Gasteiger partial charge in [0.1, 0.15) is 0 Å². The highest BCUT2D eigenvalue weighted by Crippen LogP contribution is 2.38. The first kappa shape index (κ1) is 24.6. The molecule has 35 heavy (non-hydrogen) atoms. The number of benzene rings is 1. The van der Waals surface area contributed by atoms with E-state index in [0.29, 0.717) is 30.6 Å². The first-order valence-corrected chi connectivity index (χ1v) is 11.6. The molecule has 3 heterocycles. The number of nitrogens with two attached hydrogens (primary N) is 1. The van der Waals surface area contributed by atoms with Gasteiger partial charge in [-0.15, -0.1) is 0 Å². The standard InChI is InChI=1S/C24H26F3N5O3/c25-24(26,27)16-6-3-5-15(13-16)17-14-29-23(28)30-22(17)18-7-1-2-11-31(18)21(35)10-12-32-19(33)8-4-9-20(32)34/h3,5-6,13-14,18H,1-2,4,7-12H2,(H2,28,29,30)/t18-/m1/s1. The minimum atomic E-state index is -4.51. The Morgan fingerprint density at radius 2 is 1.86 bits per heavy atom. The lowest BCUT2D eigenvalue weighted by Crippen LogP contribution is -2.44. The highest BCUT2D eigenvalue weighted by molar-refractivity contribution is 5.97. The summed E-state index contributed by atoms with van der Waals surface area (Å²) in [5, 5.41) is 0. The molecule has 4 rings (SSSR count). The van der Waals surface area contributed by atoms with Crippen molar-refractivity contribution in [3.8, 4) is 11.1 Å². The fourth-order valence-corrected chi connectivity index (χ4v) is 4.66. The maximum Gasteiger partial charge on any atom is 0.416 e. The molecule has 1 aromatic heterocycles. The molecule has 2 aromatic rings. The van der Waals surface area contributed by atoms with Crippen LogP contribution in [0.3, 0.4) is 0 Å². The van der Waals surface area contributed by atoms with Crippen molar-refractivity contribution in [2.75, 3.05) is 18.8 Å². The number of amides is 3. The molecule has 8 nitrogen and oxygen atoms in total. The Hall–Kier alpha value is -3.50. The number of nitrogen functional groups attached to an aromatic ring is 1. The molecule has 186 valence electrons. The van der Waals surface area contributed by atoms with Crippen LogP contribution in [-0.2, 0) is 20.6 Å². The minimum absolute atomic E-state index is 0.00607. The third-order valence-corrected chi connectivity index (χ3v) is 6.41. The number of nitrogens with zero attached hydrogens (tertiary/aromatic N) is 4. The predicted octanol–water partition coefficient (Wildman–Crippen LogP) is 3.73. The van der Waals surface area contributed by atoms with Gasteiger partial charge in [0.25, 0.3) is 0 Å². The van der Waals surface area contributed by atoms with Crippen molar-refractivity contribution in [1.82, 2.24) is 19.8 Å². The second kappa shape index (κ2) is 10.0. The van der Waals surface area contributed by atoms with Crippen LogP contribution in [0.4, 0.5) is 19.1 Å². The van der Waals surface area contributed by atoms with Gasteiger partial charge in [0.05, 0.1) is 17.3 Å². The van der Waals surface area contributed by atoms with Crippen LogP contribution in [0.25, 0.3) is 11.1 Å². The molecule has 0 bridgehead atoms. The molecule has 2 aliphatic heterocycles. The molecule has 0 radical (unpaired) electrons. The molecule has 1 aromatic carbocycles. The van der Waals surface area contributed by atoms with E-state index >= 15 is 0 Å². The Labute approximate surface area is 200 Å². The molecule has 11 heteroatoms. The van der Waals surface area contributed by atoms with E-state index in [9.17, 15) is 27.6 Å². The van der Waals surface area contributed by atoms with E-state index in [0.717, 1.165) is 29.9 Å². The Bertz CT molecular complexity index is 1120. The first-order chi connectivity index (χ1) is 16.6. The number of alkyl halides is 3. The maximum absolute atomic E-state index is 13.3. The van der Waals surface area contributed by atoms with Gasteiger partial charge in [0.2, 0.25) is 23.7 Å². The number of rotatable bonds is 5. The van der Waals surface area contributed by atoms with Gasteiger partial charge >= 0.3 is 6.18 Å². The van der Waals surface area contributed by atoms with Crippen molar-refractivity contribution in [2.45, 2.75) is 57.2 Å². The number of hydrogen-bond donors (Lipinski definition) is 1. The van der Waals surface area contributed by atoms with Gasteiger partial charge in [-0.05, 0) is 43.4 Å². The summed E-state index contributed by atoms with van der Waals surface area (Å²) in [6.07, 6.45) is 0.0236. The zero-order chi connectivity index (χ0) is 25.2. The first-order valence-electron chi connectivity index (χ1n) is 11.6. The number of hydrogen-bond acceptors (Lipinski definition) is 6. The Balaban J connectivity index is 1.62. The van der Waals surface area contributed by atoms with Crippen LogP contribution in [0.15, 0.2) is 30.5 Å². The van der Waals surface area contributed by atoms with Crippen molar-refractivity contribution in [3.05, 3.63) is 41.7 Å². The van der Waals surface area contributed by atoms with E-state index in [4.69, 9.17) is 5.73 Å². The van der Waals surface area contributed by atoms with Crippen LogP contribution in [-0.4, -0.2) is 50.6 Å². The number of aromatic nitrogens is 2. The summed E-state index contributed by atoms with van der Waals surface area (Å²) in [5.74, 6) is -0.856. The monoisotopic (exact) mass is 489 g/mol. The average molecular weight is 489 g/mol. The summed E-state index contributed by atoms with van der Waals surface area (Å²) in [7, 11) is 0. The zero-order valence-corrected chi connectivity index (χ0v) is 19.1. The normalized spacial score (nSPS) is 19.2.